The average Bonchev–Trinajstić information content (AvgIpc) is 2.26. The molecule has 0 fully saturated rings. The third-order valence-electron chi connectivity index (χ3n) is 2.00. The zero-order valence-corrected chi connectivity index (χ0v) is 10.5. The molecular weight excluding hydrogens is 305 g/mol. The van der Waals surface area contributed by atoms with Crippen molar-refractivity contribution in [3.63, 3.8) is 0 Å². The van der Waals surface area contributed by atoms with Gasteiger partial charge >= 0.3 is 12.1 Å². The van der Waals surface area contributed by atoms with Crippen LogP contribution in [0.4, 0.5) is 13.2 Å². The molecule has 3 nitrogen and oxygen atoms in total. The molecule has 0 spiro atoms. The number of hydrogen-bond donors (Lipinski definition) is 0. The van der Waals surface area contributed by atoms with E-state index in [1.54, 1.807) is 0 Å². The number of methoxy groups -OCH3 is 2. The van der Waals surface area contributed by atoms with Gasteiger partial charge in [-0.3, -0.25) is 0 Å². The van der Waals surface area contributed by atoms with E-state index in [4.69, 9.17) is 4.74 Å². The third-order valence-corrected chi connectivity index (χ3v) is 2.66. The van der Waals surface area contributed by atoms with Gasteiger partial charge in [0.05, 0.1) is 19.8 Å². The van der Waals surface area contributed by atoms with Crippen molar-refractivity contribution >= 4 is 21.9 Å². The minimum absolute atomic E-state index is 0.0742. The van der Waals surface area contributed by atoms with Gasteiger partial charge in [-0.2, -0.15) is 13.2 Å². The Hall–Kier alpha value is -1.24. The van der Waals surface area contributed by atoms with E-state index in [9.17, 15) is 18.0 Å². The smallest absolute Gasteiger partial charge is 0.417 e. The highest BCUT2D eigenvalue weighted by atomic mass is 79.9. The Kier molecular flexibility index (Phi) is 4.03. The molecule has 0 heterocycles. The molecule has 0 N–H and O–H groups in total. The van der Waals surface area contributed by atoms with E-state index < -0.39 is 17.7 Å². The maximum atomic E-state index is 12.6. The number of rotatable bonds is 2. The van der Waals surface area contributed by atoms with E-state index in [2.05, 4.69) is 20.7 Å². The van der Waals surface area contributed by atoms with Gasteiger partial charge in [0.2, 0.25) is 0 Å². The largest absolute Gasteiger partial charge is 0.496 e. The number of carbonyl (C=O) groups is 1. The topological polar surface area (TPSA) is 35.5 Å². The van der Waals surface area contributed by atoms with Crippen molar-refractivity contribution in [3.05, 3.63) is 27.7 Å². The first-order chi connectivity index (χ1) is 7.81. The van der Waals surface area contributed by atoms with Gasteiger partial charge in [0.25, 0.3) is 0 Å². The Morgan fingerprint density at radius 1 is 1.29 bits per heavy atom. The summed E-state index contributed by atoms with van der Waals surface area (Å²) in [5.41, 5.74) is -0.989. The van der Waals surface area contributed by atoms with E-state index in [1.807, 2.05) is 0 Å². The van der Waals surface area contributed by atoms with Gasteiger partial charge in [0.15, 0.2) is 0 Å². The van der Waals surface area contributed by atoms with Gasteiger partial charge < -0.3 is 9.47 Å². The molecule has 0 aromatic heterocycles. The van der Waals surface area contributed by atoms with Gasteiger partial charge in [-0.1, -0.05) is 15.9 Å². The predicted octanol–water partition coefficient (Wildman–Crippen LogP) is 3.26. The Morgan fingerprint density at radius 3 is 2.29 bits per heavy atom. The van der Waals surface area contributed by atoms with E-state index in [0.717, 1.165) is 19.2 Å². The molecule has 1 aromatic carbocycles. The van der Waals surface area contributed by atoms with Crippen LogP contribution in [-0.2, 0) is 10.9 Å². The van der Waals surface area contributed by atoms with Gasteiger partial charge in [-0.05, 0) is 12.1 Å². The quantitative estimate of drug-likeness (QED) is 0.786. The van der Waals surface area contributed by atoms with E-state index in [0.29, 0.717) is 0 Å². The molecule has 0 saturated carbocycles. The van der Waals surface area contributed by atoms with Crippen LogP contribution < -0.4 is 4.74 Å². The van der Waals surface area contributed by atoms with Crippen molar-refractivity contribution in [2.75, 3.05) is 14.2 Å². The minimum Gasteiger partial charge on any atom is -0.496 e. The van der Waals surface area contributed by atoms with Gasteiger partial charge in [0.1, 0.15) is 11.3 Å². The summed E-state index contributed by atoms with van der Waals surface area (Å²) in [6.07, 6.45) is -4.53. The van der Waals surface area contributed by atoms with Crippen LogP contribution in [0.2, 0.25) is 0 Å². The van der Waals surface area contributed by atoms with Crippen LogP contribution >= 0.6 is 15.9 Å². The van der Waals surface area contributed by atoms with Gasteiger partial charge in [0, 0.05) is 4.47 Å². The second kappa shape index (κ2) is 4.95. The molecule has 1 aromatic rings. The lowest BCUT2D eigenvalue weighted by Crippen LogP contribution is -2.10. The Morgan fingerprint density at radius 2 is 1.88 bits per heavy atom. The molecule has 0 saturated heterocycles. The van der Waals surface area contributed by atoms with Crippen LogP contribution in [0, 0.1) is 0 Å². The molecule has 94 valence electrons. The fraction of sp³-hybridized carbons (Fsp3) is 0.300. The molecule has 17 heavy (non-hydrogen) atoms. The van der Waals surface area contributed by atoms with Crippen molar-refractivity contribution < 1.29 is 27.4 Å². The number of alkyl halides is 3. The Labute approximate surface area is 104 Å². The molecule has 0 aliphatic carbocycles. The SMILES string of the molecule is COC(=O)c1cc(Br)c(C(F)(F)F)cc1OC. The van der Waals surface area contributed by atoms with Crippen LogP contribution in [0.5, 0.6) is 5.75 Å². The van der Waals surface area contributed by atoms with Crippen molar-refractivity contribution in [1.82, 2.24) is 0 Å². The molecule has 0 aliphatic rings. The van der Waals surface area contributed by atoms with E-state index >= 15 is 0 Å². The van der Waals surface area contributed by atoms with Crippen LogP contribution in [0.25, 0.3) is 0 Å². The number of halogens is 4. The number of hydrogen-bond acceptors (Lipinski definition) is 3. The first kappa shape index (κ1) is 13.8. The molecule has 0 unspecified atom stereocenters. The maximum absolute atomic E-state index is 12.6. The molecule has 7 heteroatoms. The van der Waals surface area contributed by atoms with Crippen molar-refractivity contribution in [2.24, 2.45) is 0 Å². The Balaban J connectivity index is 3.40. The molecule has 0 atom stereocenters. The molecular formula is C10H8BrF3O3. The summed E-state index contributed by atoms with van der Waals surface area (Å²) in [4.78, 5) is 11.3. The lowest BCUT2D eigenvalue weighted by molar-refractivity contribution is -0.138. The van der Waals surface area contributed by atoms with E-state index in [1.165, 1.54) is 7.11 Å². The highest BCUT2D eigenvalue weighted by molar-refractivity contribution is 9.10. The standard InChI is InChI=1S/C10H8BrF3O3/c1-16-8-4-6(10(12,13)14)7(11)3-5(8)9(15)17-2/h3-4H,1-2H3. The van der Waals surface area contributed by atoms with Crippen LogP contribution in [0.1, 0.15) is 15.9 Å². The summed E-state index contributed by atoms with van der Waals surface area (Å²) in [6.45, 7) is 0. The maximum Gasteiger partial charge on any atom is 0.417 e. The summed E-state index contributed by atoms with van der Waals surface area (Å²) in [7, 11) is 2.31. The monoisotopic (exact) mass is 312 g/mol. The average molecular weight is 313 g/mol. The fourth-order valence-electron chi connectivity index (χ4n) is 1.21. The van der Waals surface area contributed by atoms with Crippen molar-refractivity contribution in [3.8, 4) is 5.75 Å². The molecule has 0 amide bonds. The summed E-state index contributed by atoms with van der Waals surface area (Å²) < 4.78 is 46.7. The third kappa shape index (κ3) is 2.91. The second-order valence-corrected chi connectivity index (χ2v) is 3.88. The normalized spacial score (nSPS) is 11.2. The number of esters is 1. The van der Waals surface area contributed by atoms with Crippen LogP contribution in [0.3, 0.4) is 0 Å². The van der Waals surface area contributed by atoms with E-state index in [-0.39, 0.29) is 15.8 Å². The summed E-state index contributed by atoms with van der Waals surface area (Å²) in [5, 5.41) is 0. The summed E-state index contributed by atoms with van der Waals surface area (Å²) >= 11 is 2.76. The summed E-state index contributed by atoms with van der Waals surface area (Å²) in [6, 6.07) is 1.77. The molecule has 0 bridgehead atoms. The zero-order valence-electron chi connectivity index (χ0n) is 8.89. The van der Waals surface area contributed by atoms with Crippen molar-refractivity contribution in [2.45, 2.75) is 6.18 Å². The number of ether oxygens (including phenoxy) is 2. The number of carbonyl (C=O) groups excluding carboxylic acids is 1. The fourth-order valence-corrected chi connectivity index (χ4v) is 1.78. The molecule has 1 rings (SSSR count). The predicted molar refractivity (Wildman–Crippen MR) is 57.0 cm³/mol. The van der Waals surface area contributed by atoms with Crippen LogP contribution in [0.15, 0.2) is 16.6 Å². The van der Waals surface area contributed by atoms with Crippen LogP contribution in [-0.4, -0.2) is 20.2 Å². The minimum atomic E-state index is -4.53. The van der Waals surface area contributed by atoms with Gasteiger partial charge in [-0.25, -0.2) is 4.79 Å². The first-order valence-corrected chi connectivity index (χ1v) is 5.13. The highest BCUT2D eigenvalue weighted by Gasteiger charge is 2.34. The molecule has 0 radical (unpaired) electrons. The second-order valence-electron chi connectivity index (χ2n) is 3.02. The lowest BCUT2D eigenvalue weighted by Gasteiger charge is -2.13. The Bertz CT molecular complexity index is 443. The molecule has 0 aliphatic heterocycles. The van der Waals surface area contributed by atoms with Gasteiger partial charge in [-0.15, -0.1) is 0 Å². The first-order valence-electron chi connectivity index (χ1n) is 4.34. The highest BCUT2D eigenvalue weighted by Crippen LogP contribution is 2.38. The zero-order chi connectivity index (χ0) is 13.2. The summed E-state index contributed by atoms with van der Waals surface area (Å²) in [5.74, 6) is -0.955. The van der Waals surface area contributed by atoms with Crippen molar-refractivity contribution in [1.29, 1.82) is 0 Å². The lowest BCUT2D eigenvalue weighted by atomic mass is 10.1. The number of benzene rings is 1.